The van der Waals surface area contributed by atoms with E-state index in [-0.39, 0.29) is 30.8 Å². The lowest BCUT2D eigenvalue weighted by atomic mass is 9.93. The van der Waals surface area contributed by atoms with E-state index in [9.17, 15) is 19.5 Å². The van der Waals surface area contributed by atoms with Crippen LogP contribution < -0.4 is 5.32 Å². The summed E-state index contributed by atoms with van der Waals surface area (Å²) in [6, 6.07) is 15.0. The van der Waals surface area contributed by atoms with E-state index in [1.165, 1.54) is 4.90 Å². The molecule has 0 bridgehead atoms. The molecular formula is C26H30N2O5. The summed E-state index contributed by atoms with van der Waals surface area (Å²) in [6.45, 7) is 4.36. The van der Waals surface area contributed by atoms with Crippen LogP contribution >= 0.6 is 0 Å². The number of carbonyl (C=O) groups excluding carboxylic acids is 2. The fraction of sp³-hybridized carbons (Fsp3) is 0.423. The lowest BCUT2D eigenvalue weighted by Gasteiger charge is -2.36. The minimum absolute atomic E-state index is 0.0285. The molecule has 0 saturated carbocycles. The van der Waals surface area contributed by atoms with Crippen LogP contribution in [0.1, 0.15) is 50.2 Å². The van der Waals surface area contributed by atoms with E-state index >= 15 is 0 Å². The largest absolute Gasteiger partial charge is 0.480 e. The average Bonchev–Trinajstić information content (AvgIpc) is 3.11. The van der Waals surface area contributed by atoms with Crippen molar-refractivity contribution in [1.82, 2.24) is 10.2 Å². The summed E-state index contributed by atoms with van der Waals surface area (Å²) in [5.41, 5.74) is 4.58. The number of hydrogen-bond donors (Lipinski definition) is 2. The van der Waals surface area contributed by atoms with Gasteiger partial charge in [0.1, 0.15) is 12.6 Å². The van der Waals surface area contributed by atoms with Gasteiger partial charge in [-0.15, -0.1) is 0 Å². The van der Waals surface area contributed by atoms with Crippen molar-refractivity contribution >= 4 is 18.0 Å². The third kappa shape index (κ3) is 4.87. The van der Waals surface area contributed by atoms with Crippen LogP contribution in [0.5, 0.6) is 0 Å². The molecule has 1 fully saturated rings. The Kier molecular flexibility index (Phi) is 6.67. The number of fused-ring (bicyclic) bond motifs is 3. The van der Waals surface area contributed by atoms with Crippen LogP contribution in [0.4, 0.5) is 4.79 Å². The molecule has 1 saturated heterocycles. The SMILES string of the molecule is CC1CCC(C(=O)O)N(C(=O)CC(C)NC(=O)OCC2c3ccccc3-c3ccccc32)C1. The van der Waals surface area contributed by atoms with Gasteiger partial charge in [-0.1, -0.05) is 55.5 Å². The fourth-order valence-electron chi connectivity index (χ4n) is 4.96. The minimum atomic E-state index is -0.979. The van der Waals surface area contributed by atoms with E-state index in [1.807, 2.05) is 31.2 Å². The highest BCUT2D eigenvalue weighted by Crippen LogP contribution is 2.44. The molecule has 0 spiro atoms. The minimum Gasteiger partial charge on any atom is -0.480 e. The highest BCUT2D eigenvalue weighted by Gasteiger charge is 2.35. The summed E-state index contributed by atoms with van der Waals surface area (Å²) in [5, 5.41) is 12.2. The number of carbonyl (C=O) groups is 3. The molecule has 1 heterocycles. The van der Waals surface area contributed by atoms with Gasteiger partial charge in [0.2, 0.25) is 5.91 Å². The van der Waals surface area contributed by atoms with Crippen LogP contribution in [0, 0.1) is 5.92 Å². The highest BCUT2D eigenvalue weighted by atomic mass is 16.5. The number of aliphatic carboxylic acids is 1. The number of likely N-dealkylation sites (tertiary alicyclic amines) is 1. The molecule has 7 heteroatoms. The van der Waals surface area contributed by atoms with Crippen molar-refractivity contribution in [3.63, 3.8) is 0 Å². The Bertz CT molecular complexity index is 1010. The quantitative estimate of drug-likeness (QED) is 0.693. The molecule has 2 aromatic rings. The Labute approximate surface area is 193 Å². The number of carboxylic acid groups (broad SMARTS) is 1. The van der Waals surface area contributed by atoms with Gasteiger partial charge < -0.3 is 20.1 Å². The number of ether oxygens (including phenoxy) is 1. The maximum Gasteiger partial charge on any atom is 0.407 e. The van der Waals surface area contributed by atoms with E-state index < -0.39 is 24.1 Å². The second-order valence-electron chi connectivity index (χ2n) is 9.16. The van der Waals surface area contributed by atoms with E-state index in [1.54, 1.807) is 6.92 Å². The predicted molar refractivity (Wildman–Crippen MR) is 124 cm³/mol. The molecule has 7 nitrogen and oxygen atoms in total. The average molecular weight is 451 g/mol. The molecule has 1 aliphatic heterocycles. The number of carboxylic acids is 1. The van der Waals surface area contributed by atoms with Crippen LogP contribution in [0.15, 0.2) is 48.5 Å². The summed E-state index contributed by atoms with van der Waals surface area (Å²) in [4.78, 5) is 38.2. The second kappa shape index (κ2) is 9.65. The van der Waals surface area contributed by atoms with Crippen molar-refractivity contribution < 1.29 is 24.2 Å². The van der Waals surface area contributed by atoms with Crippen LogP contribution in [0.3, 0.4) is 0 Å². The number of nitrogens with zero attached hydrogens (tertiary/aromatic N) is 1. The third-order valence-electron chi connectivity index (χ3n) is 6.61. The number of amides is 2. The smallest absolute Gasteiger partial charge is 0.407 e. The molecular weight excluding hydrogens is 420 g/mol. The van der Waals surface area contributed by atoms with E-state index in [2.05, 4.69) is 29.6 Å². The molecule has 0 radical (unpaired) electrons. The molecule has 2 N–H and O–H groups in total. The van der Waals surface area contributed by atoms with Crippen molar-refractivity contribution in [2.75, 3.05) is 13.2 Å². The Morgan fingerprint density at radius 3 is 2.27 bits per heavy atom. The number of rotatable bonds is 6. The van der Waals surface area contributed by atoms with Crippen molar-refractivity contribution in [3.8, 4) is 11.1 Å². The first-order valence-corrected chi connectivity index (χ1v) is 11.5. The topological polar surface area (TPSA) is 95.9 Å². The van der Waals surface area contributed by atoms with Gasteiger partial charge in [0.25, 0.3) is 0 Å². The molecule has 1 aliphatic carbocycles. The lowest BCUT2D eigenvalue weighted by Crippen LogP contribution is -2.51. The van der Waals surface area contributed by atoms with Gasteiger partial charge in [-0.3, -0.25) is 4.79 Å². The number of alkyl carbamates (subject to hydrolysis) is 1. The number of hydrogen-bond acceptors (Lipinski definition) is 4. The molecule has 33 heavy (non-hydrogen) atoms. The molecule has 2 amide bonds. The summed E-state index contributed by atoms with van der Waals surface area (Å²) >= 11 is 0. The lowest BCUT2D eigenvalue weighted by molar-refractivity contribution is -0.153. The van der Waals surface area contributed by atoms with Crippen LogP contribution in [0.2, 0.25) is 0 Å². The first-order valence-electron chi connectivity index (χ1n) is 11.5. The summed E-state index contributed by atoms with van der Waals surface area (Å²) in [5.74, 6) is -1.02. The first kappa shape index (κ1) is 22.8. The molecule has 4 rings (SSSR count). The number of piperidine rings is 1. The standard InChI is InChI=1S/C26H30N2O5/c1-16-11-12-23(25(30)31)28(14-16)24(29)13-17(2)27-26(32)33-15-22-20-9-5-3-7-18(20)19-8-4-6-10-21(19)22/h3-10,16-17,22-23H,11-15H2,1-2H3,(H,27,32)(H,30,31). The monoisotopic (exact) mass is 450 g/mol. The Morgan fingerprint density at radius 2 is 1.67 bits per heavy atom. The van der Waals surface area contributed by atoms with E-state index in [0.29, 0.717) is 13.0 Å². The van der Waals surface area contributed by atoms with E-state index in [0.717, 1.165) is 28.7 Å². The predicted octanol–water partition coefficient (Wildman–Crippen LogP) is 4.02. The Balaban J connectivity index is 1.33. The summed E-state index contributed by atoms with van der Waals surface area (Å²) in [6.07, 6.45) is 0.685. The Morgan fingerprint density at radius 1 is 1.06 bits per heavy atom. The van der Waals surface area contributed by atoms with Crippen molar-refractivity contribution in [2.45, 2.75) is 51.1 Å². The van der Waals surface area contributed by atoms with Gasteiger partial charge in [0, 0.05) is 24.9 Å². The zero-order valence-electron chi connectivity index (χ0n) is 19.0. The van der Waals surface area contributed by atoms with Crippen molar-refractivity contribution in [2.24, 2.45) is 5.92 Å². The van der Waals surface area contributed by atoms with Crippen LogP contribution in [-0.2, 0) is 14.3 Å². The van der Waals surface area contributed by atoms with E-state index in [4.69, 9.17) is 4.74 Å². The summed E-state index contributed by atoms with van der Waals surface area (Å²) in [7, 11) is 0. The Hall–Kier alpha value is -3.35. The van der Waals surface area contributed by atoms with Gasteiger partial charge in [-0.25, -0.2) is 9.59 Å². The normalized spacial score (nSPS) is 20.5. The first-order chi connectivity index (χ1) is 15.8. The molecule has 0 aromatic heterocycles. The second-order valence-corrected chi connectivity index (χ2v) is 9.16. The summed E-state index contributed by atoms with van der Waals surface area (Å²) < 4.78 is 5.54. The maximum absolute atomic E-state index is 12.8. The third-order valence-corrected chi connectivity index (χ3v) is 6.61. The van der Waals surface area contributed by atoms with Gasteiger partial charge in [0.05, 0.1) is 0 Å². The zero-order valence-corrected chi connectivity index (χ0v) is 19.0. The van der Waals surface area contributed by atoms with Crippen molar-refractivity contribution in [1.29, 1.82) is 0 Å². The molecule has 3 atom stereocenters. The molecule has 174 valence electrons. The maximum atomic E-state index is 12.8. The van der Waals surface area contributed by atoms with Gasteiger partial charge in [-0.05, 0) is 47.9 Å². The van der Waals surface area contributed by atoms with Gasteiger partial charge >= 0.3 is 12.1 Å². The molecule has 2 aliphatic rings. The number of nitrogens with one attached hydrogen (secondary N) is 1. The van der Waals surface area contributed by atoms with Crippen LogP contribution in [0.25, 0.3) is 11.1 Å². The van der Waals surface area contributed by atoms with Crippen molar-refractivity contribution in [3.05, 3.63) is 59.7 Å². The van der Waals surface area contributed by atoms with Gasteiger partial charge in [0.15, 0.2) is 0 Å². The van der Waals surface area contributed by atoms with Crippen LogP contribution in [-0.4, -0.2) is 53.2 Å². The number of benzene rings is 2. The fourth-order valence-corrected chi connectivity index (χ4v) is 4.96. The highest BCUT2D eigenvalue weighted by molar-refractivity contribution is 5.84. The zero-order chi connectivity index (χ0) is 23.5. The molecule has 2 aromatic carbocycles. The molecule has 3 unspecified atom stereocenters. The van der Waals surface area contributed by atoms with Gasteiger partial charge in [-0.2, -0.15) is 0 Å².